The van der Waals surface area contributed by atoms with Crippen molar-refractivity contribution in [3.05, 3.63) is 129 Å². The molecule has 0 spiro atoms. The quantitative estimate of drug-likeness (QED) is 0.0581. The molecule has 0 aliphatic carbocycles. The van der Waals surface area contributed by atoms with E-state index in [4.69, 9.17) is 11.5 Å². The topological polar surface area (TPSA) is 52.0 Å². The van der Waals surface area contributed by atoms with E-state index in [-0.39, 0.29) is 0 Å². The summed E-state index contributed by atoms with van der Waals surface area (Å²) in [6.45, 7) is 4.55. The minimum absolute atomic E-state index is 0.888. The van der Waals surface area contributed by atoms with E-state index in [0.717, 1.165) is 37.1 Å². The van der Waals surface area contributed by atoms with Crippen LogP contribution in [0.1, 0.15) is 155 Å². The van der Waals surface area contributed by atoms with Crippen LogP contribution in [0.25, 0.3) is 0 Å². The first-order valence-corrected chi connectivity index (χ1v) is 19.9. The van der Waals surface area contributed by atoms with Gasteiger partial charge in [0.1, 0.15) is 0 Å². The lowest BCUT2D eigenvalue weighted by Gasteiger charge is -2.12. The highest BCUT2D eigenvalue weighted by Gasteiger charge is 2.08. The molecule has 0 saturated carbocycles. The number of hydrogen-bond acceptors (Lipinski definition) is 2. The lowest BCUT2D eigenvalue weighted by atomic mass is 9.94. The molecule has 0 atom stereocenters. The maximum atomic E-state index is 6.15. The summed E-state index contributed by atoms with van der Waals surface area (Å²) in [5.74, 6) is 0. The van der Waals surface area contributed by atoms with Gasteiger partial charge >= 0.3 is 0 Å². The molecule has 4 N–H and O–H groups in total. The fraction of sp³-hybridized carbons (Fsp3) is 0.489. The van der Waals surface area contributed by atoms with Crippen molar-refractivity contribution in [2.45, 2.75) is 149 Å². The molecule has 2 nitrogen and oxygen atoms in total. The SMILES string of the molecule is CCCCCCCc1cc(N)ccc1Cc1ccc(CCCCCCCc2ccc(Cc3ccc(N)cc3CCCCCCC)cc2)cc1. The van der Waals surface area contributed by atoms with Gasteiger partial charge in [-0.2, -0.15) is 0 Å². The van der Waals surface area contributed by atoms with E-state index in [2.05, 4.69) is 98.8 Å². The molecule has 0 heterocycles. The molecule has 264 valence electrons. The first-order chi connectivity index (χ1) is 24.0. The van der Waals surface area contributed by atoms with Crippen molar-refractivity contribution >= 4 is 11.4 Å². The summed E-state index contributed by atoms with van der Waals surface area (Å²) < 4.78 is 0. The number of nitrogens with two attached hydrogens (primary N) is 2. The highest BCUT2D eigenvalue weighted by atomic mass is 14.5. The van der Waals surface area contributed by atoms with E-state index < -0.39 is 0 Å². The van der Waals surface area contributed by atoms with Crippen molar-refractivity contribution in [3.8, 4) is 0 Å². The largest absolute Gasteiger partial charge is 0.399 e. The number of nitrogen functional groups attached to an aromatic ring is 2. The third-order valence-corrected chi connectivity index (χ3v) is 10.3. The van der Waals surface area contributed by atoms with E-state index in [0.29, 0.717) is 0 Å². The van der Waals surface area contributed by atoms with Gasteiger partial charge in [-0.05, 0) is 133 Å². The number of hydrogen-bond donors (Lipinski definition) is 2. The molecule has 4 rings (SSSR count). The molecule has 0 bridgehead atoms. The summed E-state index contributed by atoms with van der Waals surface area (Å²) >= 11 is 0. The van der Waals surface area contributed by atoms with E-state index in [1.807, 2.05) is 0 Å². The fourth-order valence-electron chi connectivity index (χ4n) is 7.22. The molecule has 0 saturated heterocycles. The lowest BCUT2D eigenvalue weighted by Crippen LogP contribution is -1.99. The van der Waals surface area contributed by atoms with Crippen LogP contribution in [0.5, 0.6) is 0 Å². The van der Waals surface area contributed by atoms with Crippen LogP contribution in [0, 0.1) is 0 Å². The zero-order chi connectivity index (χ0) is 34.5. The third kappa shape index (κ3) is 14.5. The summed E-state index contributed by atoms with van der Waals surface area (Å²) in [6, 6.07) is 31.8. The summed E-state index contributed by atoms with van der Waals surface area (Å²) in [6.07, 6.45) is 26.3. The zero-order valence-electron chi connectivity index (χ0n) is 31.1. The molecule has 2 heteroatoms. The molecule has 0 aliphatic rings. The number of benzene rings is 4. The highest BCUT2D eigenvalue weighted by Crippen LogP contribution is 2.23. The van der Waals surface area contributed by atoms with E-state index in [9.17, 15) is 0 Å². The standard InChI is InChI=1S/C47H66N2/c1-3-5-7-10-16-20-42-36-46(48)32-30-44(42)34-40-26-22-38(23-27-40)18-14-12-9-13-15-19-39-24-28-41(29-25-39)35-45-31-33-47(49)37-43(45)21-17-11-8-6-4-2/h22-33,36-37H,3-21,34-35,48-49H2,1-2H3. The molecule has 0 aliphatic heterocycles. The van der Waals surface area contributed by atoms with Crippen molar-refractivity contribution < 1.29 is 0 Å². The van der Waals surface area contributed by atoms with Gasteiger partial charge in [0, 0.05) is 11.4 Å². The van der Waals surface area contributed by atoms with Crippen molar-refractivity contribution in [1.82, 2.24) is 0 Å². The maximum absolute atomic E-state index is 6.15. The Balaban J connectivity index is 1.11. The van der Waals surface area contributed by atoms with Gasteiger partial charge in [-0.25, -0.2) is 0 Å². The maximum Gasteiger partial charge on any atom is 0.0316 e. The molecular weight excluding hydrogens is 593 g/mol. The molecule has 0 radical (unpaired) electrons. The Morgan fingerprint density at radius 2 is 0.653 bits per heavy atom. The monoisotopic (exact) mass is 659 g/mol. The van der Waals surface area contributed by atoms with Gasteiger partial charge in [0.15, 0.2) is 0 Å². The Hall–Kier alpha value is -3.52. The van der Waals surface area contributed by atoms with Gasteiger partial charge in [-0.15, -0.1) is 0 Å². The summed E-state index contributed by atoms with van der Waals surface area (Å²) in [7, 11) is 0. The van der Waals surface area contributed by atoms with Crippen LogP contribution < -0.4 is 11.5 Å². The van der Waals surface area contributed by atoms with Crippen LogP contribution in [0.15, 0.2) is 84.9 Å². The number of aryl methyl sites for hydroxylation is 4. The first-order valence-electron chi connectivity index (χ1n) is 19.9. The zero-order valence-corrected chi connectivity index (χ0v) is 31.1. The molecule has 0 unspecified atom stereocenters. The van der Waals surface area contributed by atoms with Gasteiger partial charge < -0.3 is 11.5 Å². The predicted molar refractivity (Wildman–Crippen MR) is 216 cm³/mol. The van der Waals surface area contributed by atoms with E-state index in [1.165, 1.54) is 154 Å². The van der Waals surface area contributed by atoms with Crippen molar-refractivity contribution in [2.24, 2.45) is 0 Å². The average Bonchev–Trinajstić information content (AvgIpc) is 3.11. The Morgan fingerprint density at radius 3 is 1.04 bits per heavy atom. The lowest BCUT2D eigenvalue weighted by molar-refractivity contribution is 0.613. The van der Waals surface area contributed by atoms with Crippen molar-refractivity contribution in [3.63, 3.8) is 0 Å². The van der Waals surface area contributed by atoms with Crippen LogP contribution in [0.4, 0.5) is 11.4 Å². The molecular formula is C47H66N2. The minimum Gasteiger partial charge on any atom is -0.399 e. The number of unbranched alkanes of at least 4 members (excludes halogenated alkanes) is 12. The number of rotatable bonds is 24. The second-order valence-electron chi connectivity index (χ2n) is 14.6. The van der Waals surface area contributed by atoms with Crippen LogP contribution in [0.3, 0.4) is 0 Å². The van der Waals surface area contributed by atoms with Gasteiger partial charge in [-0.3, -0.25) is 0 Å². The molecule has 4 aromatic carbocycles. The average molecular weight is 659 g/mol. The summed E-state index contributed by atoms with van der Waals surface area (Å²) in [5.41, 5.74) is 25.6. The van der Waals surface area contributed by atoms with Gasteiger partial charge in [0.05, 0.1) is 0 Å². The molecule has 49 heavy (non-hydrogen) atoms. The van der Waals surface area contributed by atoms with E-state index >= 15 is 0 Å². The summed E-state index contributed by atoms with van der Waals surface area (Å²) in [4.78, 5) is 0. The fourth-order valence-corrected chi connectivity index (χ4v) is 7.22. The molecule has 0 aromatic heterocycles. The van der Waals surface area contributed by atoms with E-state index in [1.54, 1.807) is 0 Å². The second-order valence-corrected chi connectivity index (χ2v) is 14.6. The van der Waals surface area contributed by atoms with Crippen LogP contribution >= 0.6 is 0 Å². The minimum atomic E-state index is 0.888. The molecule has 0 fully saturated rings. The van der Waals surface area contributed by atoms with Gasteiger partial charge in [0.25, 0.3) is 0 Å². The van der Waals surface area contributed by atoms with Crippen molar-refractivity contribution in [2.75, 3.05) is 11.5 Å². The Bertz CT molecular complexity index is 1350. The second kappa shape index (κ2) is 22.2. The number of anilines is 2. The first kappa shape index (κ1) is 38.3. The highest BCUT2D eigenvalue weighted by molar-refractivity contribution is 5.47. The Morgan fingerprint density at radius 1 is 0.327 bits per heavy atom. The Kier molecular flexibility index (Phi) is 17.4. The third-order valence-electron chi connectivity index (χ3n) is 10.3. The van der Waals surface area contributed by atoms with Crippen molar-refractivity contribution in [1.29, 1.82) is 0 Å². The van der Waals surface area contributed by atoms with Crippen LogP contribution in [-0.4, -0.2) is 0 Å². The molecule has 4 aromatic rings. The molecule has 0 amide bonds. The van der Waals surface area contributed by atoms with Gasteiger partial charge in [0.2, 0.25) is 0 Å². The van der Waals surface area contributed by atoms with Gasteiger partial charge in [-0.1, -0.05) is 145 Å². The predicted octanol–water partition coefficient (Wildman–Crippen LogP) is 12.8. The van der Waals surface area contributed by atoms with Crippen LogP contribution in [0.2, 0.25) is 0 Å². The summed E-state index contributed by atoms with van der Waals surface area (Å²) in [5, 5.41) is 0. The normalized spacial score (nSPS) is 11.3. The van der Waals surface area contributed by atoms with Crippen LogP contribution in [-0.2, 0) is 38.5 Å². The Labute approximate surface area is 300 Å². The smallest absolute Gasteiger partial charge is 0.0316 e.